The molecule has 8 nitrogen and oxygen atoms in total. The van der Waals surface area contributed by atoms with Gasteiger partial charge in [0.05, 0.1) is 12.2 Å². The van der Waals surface area contributed by atoms with Gasteiger partial charge in [0, 0.05) is 23.8 Å². The molecule has 2 aromatic heterocycles. The minimum absolute atomic E-state index is 0.0702. The van der Waals surface area contributed by atoms with Gasteiger partial charge in [-0.3, -0.25) is 4.98 Å². The maximum absolute atomic E-state index is 14.5. The second-order valence-corrected chi connectivity index (χ2v) is 8.55. The quantitative estimate of drug-likeness (QED) is 0.315. The molecule has 1 aliphatic rings. The van der Waals surface area contributed by atoms with Crippen LogP contribution in [-0.4, -0.2) is 21.0 Å². The van der Waals surface area contributed by atoms with Crippen molar-refractivity contribution in [2.24, 2.45) is 0 Å². The van der Waals surface area contributed by atoms with Gasteiger partial charge in [-0.2, -0.15) is 4.98 Å². The van der Waals surface area contributed by atoms with E-state index in [1.165, 1.54) is 11.1 Å². The van der Waals surface area contributed by atoms with Crippen molar-refractivity contribution < 1.29 is 13.9 Å². The van der Waals surface area contributed by atoms with Crippen molar-refractivity contribution >= 4 is 29.2 Å². The molecule has 4 aromatic rings. The molecule has 0 radical (unpaired) electrons. The number of pyridine rings is 1. The Hall–Kier alpha value is -4.53. The molecule has 1 atom stereocenters. The third-order valence-electron chi connectivity index (χ3n) is 5.97. The molecule has 0 fully saturated rings. The molecule has 0 aliphatic carbocycles. The Morgan fingerprint density at radius 2 is 1.72 bits per heavy atom. The zero-order chi connectivity index (χ0) is 24.9. The number of fused-ring (bicyclic) bond motifs is 1. The van der Waals surface area contributed by atoms with Crippen LogP contribution in [0.15, 0.2) is 73.2 Å². The molecular formula is C27H25FN6O2. The van der Waals surface area contributed by atoms with E-state index >= 15 is 0 Å². The Labute approximate surface area is 208 Å². The van der Waals surface area contributed by atoms with Gasteiger partial charge < -0.3 is 20.7 Å². The summed E-state index contributed by atoms with van der Waals surface area (Å²) in [5.41, 5.74) is 5.70. The molecule has 1 aliphatic heterocycles. The molecule has 0 unspecified atom stereocenters. The topological polar surface area (TPSA) is 101 Å². The molecule has 5 rings (SSSR count). The summed E-state index contributed by atoms with van der Waals surface area (Å²) in [4.78, 5) is 24.1. The summed E-state index contributed by atoms with van der Waals surface area (Å²) >= 11 is 0. The van der Waals surface area contributed by atoms with Crippen LogP contribution in [-0.2, 0) is 24.2 Å². The van der Waals surface area contributed by atoms with Gasteiger partial charge in [-0.1, -0.05) is 18.2 Å². The first-order valence-electron chi connectivity index (χ1n) is 11.6. The summed E-state index contributed by atoms with van der Waals surface area (Å²) in [6.07, 6.45) is 6.09. The fourth-order valence-corrected chi connectivity index (χ4v) is 4.02. The van der Waals surface area contributed by atoms with Crippen LogP contribution >= 0.6 is 0 Å². The highest BCUT2D eigenvalue weighted by Gasteiger charge is 2.20. The number of cyclic esters (lactones) is 1. The van der Waals surface area contributed by atoms with Crippen LogP contribution in [0.3, 0.4) is 0 Å². The number of aryl methyl sites for hydroxylation is 2. The number of nitrogens with zero attached hydrogens (tertiary/aromatic N) is 3. The van der Waals surface area contributed by atoms with E-state index in [1.807, 2.05) is 61.5 Å². The number of ether oxygens (including phenoxy) is 1. The highest BCUT2D eigenvalue weighted by Crippen LogP contribution is 2.27. The molecular weight excluding hydrogens is 459 g/mol. The van der Waals surface area contributed by atoms with E-state index in [2.05, 4.69) is 30.9 Å². The van der Waals surface area contributed by atoms with Gasteiger partial charge in [-0.15, -0.1) is 0 Å². The number of hydrogen-bond acceptors (Lipinski definition) is 7. The number of carbonyl (C=O) groups excluding carboxylic acids is 1. The molecule has 2 aromatic carbocycles. The second kappa shape index (κ2) is 10.4. The van der Waals surface area contributed by atoms with Gasteiger partial charge in [-0.05, 0) is 78.4 Å². The number of halogens is 1. The first-order chi connectivity index (χ1) is 17.5. The molecule has 36 heavy (non-hydrogen) atoms. The predicted molar refractivity (Wildman–Crippen MR) is 135 cm³/mol. The van der Waals surface area contributed by atoms with Crippen LogP contribution < -0.4 is 16.0 Å². The number of alkyl carbamates (subject to hydrolysis) is 1. The summed E-state index contributed by atoms with van der Waals surface area (Å²) in [6, 6.07) is 17.3. The Kier molecular flexibility index (Phi) is 6.70. The maximum Gasteiger partial charge on any atom is 0.407 e. The third kappa shape index (κ3) is 5.57. The monoisotopic (exact) mass is 484 g/mol. The van der Waals surface area contributed by atoms with Crippen molar-refractivity contribution in [3.63, 3.8) is 0 Å². The first-order valence-corrected chi connectivity index (χ1v) is 11.6. The molecule has 0 saturated carbocycles. The number of benzene rings is 2. The van der Waals surface area contributed by atoms with E-state index < -0.39 is 11.9 Å². The van der Waals surface area contributed by atoms with Gasteiger partial charge in [0.25, 0.3) is 0 Å². The fraction of sp³-hybridized carbons (Fsp3) is 0.185. The van der Waals surface area contributed by atoms with Crippen LogP contribution in [0.2, 0.25) is 0 Å². The van der Waals surface area contributed by atoms with E-state index in [-0.39, 0.29) is 24.4 Å². The van der Waals surface area contributed by atoms with Gasteiger partial charge in [0.2, 0.25) is 5.95 Å². The highest BCUT2D eigenvalue weighted by molar-refractivity contribution is 5.69. The minimum atomic E-state index is -0.558. The molecule has 9 heteroatoms. The Morgan fingerprint density at radius 1 is 1.00 bits per heavy atom. The van der Waals surface area contributed by atoms with Crippen molar-refractivity contribution in [1.82, 2.24) is 20.3 Å². The lowest BCUT2D eigenvalue weighted by atomic mass is 10.0. The van der Waals surface area contributed by atoms with Gasteiger partial charge in [0.15, 0.2) is 11.6 Å². The minimum Gasteiger partial charge on any atom is -0.445 e. The maximum atomic E-state index is 14.5. The summed E-state index contributed by atoms with van der Waals surface area (Å²) in [6.45, 7) is 2.09. The lowest BCUT2D eigenvalue weighted by Crippen LogP contribution is -2.24. The number of aromatic nitrogens is 3. The summed E-state index contributed by atoms with van der Waals surface area (Å²) < 4.78 is 19.6. The average Bonchev–Trinajstić information content (AvgIpc) is 3.03. The average molecular weight is 485 g/mol. The molecule has 3 N–H and O–H groups in total. The van der Waals surface area contributed by atoms with Crippen LogP contribution in [0.25, 0.3) is 0 Å². The number of carbonyl (C=O) groups is 1. The van der Waals surface area contributed by atoms with E-state index in [0.717, 1.165) is 35.9 Å². The SMILES string of the molecule is C[C@H]1NC(=O)OCc2ccc(Nc3ncc(F)c(Nc4ccc(CCc5ccncc5)cc4)n3)cc21. The molecule has 1 amide bonds. The zero-order valence-electron chi connectivity index (χ0n) is 19.7. The molecule has 3 heterocycles. The first kappa shape index (κ1) is 23.2. The van der Waals surface area contributed by atoms with Crippen molar-refractivity contribution in [2.75, 3.05) is 10.6 Å². The number of anilines is 4. The Bertz CT molecular complexity index is 1360. The summed E-state index contributed by atoms with van der Waals surface area (Å²) in [5, 5.41) is 8.92. The number of amides is 1. The number of nitrogens with one attached hydrogen (secondary N) is 3. The van der Waals surface area contributed by atoms with Crippen molar-refractivity contribution in [2.45, 2.75) is 32.4 Å². The highest BCUT2D eigenvalue weighted by atomic mass is 19.1. The van der Waals surface area contributed by atoms with Crippen LogP contribution in [0.5, 0.6) is 0 Å². The van der Waals surface area contributed by atoms with E-state index in [1.54, 1.807) is 12.4 Å². The second-order valence-electron chi connectivity index (χ2n) is 8.55. The largest absolute Gasteiger partial charge is 0.445 e. The molecule has 182 valence electrons. The number of hydrogen-bond donors (Lipinski definition) is 3. The van der Waals surface area contributed by atoms with Crippen LogP contribution in [0.4, 0.5) is 32.3 Å². The smallest absolute Gasteiger partial charge is 0.407 e. The van der Waals surface area contributed by atoms with E-state index in [9.17, 15) is 9.18 Å². The molecule has 0 spiro atoms. The Balaban J connectivity index is 1.26. The standard InChI is InChI=1S/C27H25FN6O2/c1-17-23-14-22(9-6-20(23)16-36-27(35)31-17)33-26-30-15-24(28)25(34-26)32-21-7-4-18(5-8-21)2-3-19-10-12-29-13-11-19/h4-15,17H,2-3,16H2,1H3,(H,31,35)(H2,30,32,33,34)/t17-/m1/s1. The van der Waals surface area contributed by atoms with Gasteiger partial charge >= 0.3 is 6.09 Å². The van der Waals surface area contributed by atoms with Crippen molar-refractivity contribution in [1.29, 1.82) is 0 Å². The number of rotatable bonds is 7. The van der Waals surface area contributed by atoms with Gasteiger partial charge in [0.1, 0.15) is 6.61 Å². The van der Waals surface area contributed by atoms with Crippen molar-refractivity contribution in [3.05, 3.63) is 101 Å². The van der Waals surface area contributed by atoms with Gasteiger partial charge in [-0.25, -0.2) is 14.2 Å². The predicted octanol–water partition coefficient (Wildman–Crippen LogP) is 5.58. The molecule has 0 bridgehead atoms. The third-order valence-corrected chi connectivity index (χ3v) is 5.97. The van der Waals surface area contributed by atoms with E-state index in [0.29, 0.717) is 5.69 Å². The van der Waals surface area contributed by atoms with Crippen molar-refractivity contribution in [3.8, 4) is 0 Å². The lowest BCUT2D eigenvalue weighted by molar-refractivity contribution is 0.141. The van der Waals surface area contributed by atoms with Crippen LogP contribution in [0.1, 0.15) is 35.2 Å². The lowest BCUT2D eigenvalue weighted by Gasteiger charge is -2.14. The normalized spacial score (nSPS) is 14.7. The van der Waals surface area contributed by atoms with Crippen LogP contribution in [0, 0.1) is 5.82 Å². The summed E-state index contributed by atoms with van der Waals surface area (Å²) in [5.74, 6) is -0.243. The zero-order valence-corrected chi connectivity index (χ0v) is 19.7. The fourth-order valence-electron chi connectivity index (χ4n) is 4.02. The van der Waals surface area contributed by atoms with E-state index in [4.69, 9.17) is 4.74 Å². The summed E-state index contributed by atoms with van der Waals surface area (Å²) in [7, 11) is 0. The molecule has 0 saturated heterocycles. The Morgan fingerprint density at radius 3 is 2.50 bits per heavy atom.